The van der Waals surface area contributed by atoms with Crippen LogP contribution in [0.3, 0.4) is 0 Å². The van der Waals surface area contributed by atoms with E-state index < -0.39 is 0 Å². The van der Waals surface area contributed by atoms with Crippen LogP contribution in [-0.4, -0.2) is 41.5 Å². The van der Waals surface area contributed by atoms with Crippen molar-refractivity contribution in [2.75, 3.05) is 20.6 Å². The Morgan fingerprint density at radius 2 is 2.07 bits per heavy atom. The third-order valence-corrected chi connectivity index (χ3v) is 2.63. The van der Waals surface area contributed by atoms with Crippen LogP contribution < -0.4 is 5.32 Å². The summed E-state index contributed by atoms with van der Waals surface area (Å²) in [6.07, 6.45) is 5.22. The van der Waals surface area contributed by atoms with E-state index in [1.807, 2.05) is 0 Å². The highest BCUT2D eigenvalue weighted by atomic mass is 15.1. The minimum atomic E-state index is 0.251. The molecule has 1 N–H and O–H groups in total. The van der Waals surface area contributed by atoms with Crippen molar-refractivity contribution in [1.82, 2.24) is 20.2 Å². The lowest BCUT2D eigenvalue weighted by molar-refractivity contribution is 0.295. The van der Waals surface area contributed by atoms with Crippen molar-refractivity contribution in [2.45, 2.75) is 25.9 Å². The molecule has 4 heteroatoms. The Bertz CT molecular complexity index is 273. The lowest BCUT2D eigenvalue weighted by atomic mass is 10.2. The second kappa shape index (κ2) is 5.78. The first-order chi connectivity index (χ1) is 7.11. The quantitative estimate of drug-likeness (QED) is 0.786. The van der Waals surface area contributed by atoms with E-state index in [0.29, 0.717) is 6.04 Å². The molecule has 1 heterocycles. The third-order valence-electron chi connectivity index (χ3n) is 2.63. The Balaban J connectivity index is 2.40. The van der Waals surface area contributed by atoms with Crippen molar-refractivity contribution in [3.63, 3.8) is 0 Å². The molecule has 0 saturated carbocycles. The van der Waals surface area contributed by atoms with Crippen LogP contribution >= 0.6 is 0 Å². The second-order valence-electron chi connectivity index (χ2n) is 4.07. The van der Waals surface area contributed by atoms with Gasteiger partial charge in [0.2, 0.25) is 0 Å². The van der Waals surface area contributed by atoms with Crippen molar-refractivity contribution in [1.29, 1.82) is 0 Å². The molecular formula is C11H20N4. The molecule has 1 aromatic heterocycles. The van der Waals surface area contributed by atoms with Gasteiger partial charge in [0.15, 0.2) is 0 Å². The second-order valence-corrected chi connectivity index (χ2v) is 4.07. The molecule has 0 bridgehead atoms. The maximum atomic E-state index is 4.26. The van der Waals surface area contributed by atoms with Crippen LogP contribution in [-0.2, 0) is 0 Å². The molecule has 2 atom stereocenters. The summed E-state index contributed by atoms with van der Waals surface area (Å²) in [5.74, 6) is 0. The molecule has 1 rings (SSSR count). The highest BCUT2D eigenvalue weighted by molar-refractivity contribution is 5.00. The topological polar surface area (TPSA) is 41.0 Å². The van der Waals surface area contributed by atoms with Gasteiger partial charge in [0.05, 0.1) is 5.69 Å². The number of likely N-dealkylation sites (N-methyl/N-ethyl adjacent to an activating group) is 1. The molecular weight excluding hydrogens is 188 g/mol. The molecule has 0 amide bonds. The Morgan fingerprint density at radius 3 is 2.60 bits per heavy atom. The normalized spacial score (nSPS) is 15.3. The van der Waals surface area contributed by atoms with Crippen molar-refractivity contribution >= 4 is 0 Å². The largest absolute Gasteiger partial charge is 0.307 e. The van der Waals surface area contributed by atoms with Crippen LogP contribution in [0.4, 0.5) is 0 Å². The smallest absolute Gasteiger partial charge is 0.0753 e. The fourth-order valence-corrected chi connectivity index (χ4v) is 1.17. The molecule has 15 heavy (non-hydrogen) atoms. The van der Waals surface area contributed by atoms with Crippen LogP contribution in [0.5, 0.6) is 0 Å². The first-order valence-corrected chi connectivity index (χ1v) is 5.27. The number of hydrogen-bond donors (Lipinski definition) is 1. The number of aromatic nitrogens is 2. The van der Waals surface area contributed by atoms with Gasteiger partial charge in [-0.05, 0) is 27.9 Å². The Kier molecular flexibility index (Phi) is 4.65. The molecule has 0 spiro atoms. The first-order valence-electron chi connectivity index (χ1n) is 5.27. The van der Waals surface area contributed by atoms with Gasteiger partial charge in [-0.1, -0.05) is 0 Å². The minimum Gasteiger partial charge on any atom is -0.307 e. The summed E-state index contributed by atoms with van der Waals surface area (Å²) in [4.78, 5) is 10.5. The number of nitrogens with zero attached hydrogens (tertiary/aromatic N) is 3. The Labute approximate surface area is 91.7 Å². The fourth-order valence-electron chi connectivity index (χ4n) is 1.17. The average Bonchev–Trinajstić information content (AvgIpc) is 2.26. The molecule has 0 aromatic carbocycles. The predicted molar refractivity (Wildman–Crippen MR) is 61.6 cm³/mol. The van der Waals surface area contributed by atoms with Gasteiger partial charge in [-0.15, -0.1) is 0 Å². The molecule has 0 aliphatic rings. The maximum Gasteiger partial charge on any atom is 0.0753 e. The predicted octanol–water partition coefficient (Wildman–Crippen LogP) is 1.08. The van der Waals surface area contributed by atoms with Gasteiger partial charge in [-0.25, -0.2) is 0 Å². The monoisotopic (exact) mass is 208 g/mol. The summed E-state index contributed by atoms with van der Waals surface area (Å²) in [7, 11) is 4.17. The van der Waals surface area contributed by atoms with Gasteiger partial charge in [-0.2, -0.15) is 0 Å². The van der Waals surface area contributed by atoms with E-state index in [1.54, 1.807) is 18.6 Å². The molecule has 0 saturated heterocycles. The first kappa shape index (κ1) is 12.1. The van der Waals surface area contributed by atoms with Crippen LogP contribution in [0.1, 0.15) is 25.6 Å². The summed E-state index contributed by atoms with van der Waals surface area (Å²) in [6, 6.07) is 0.769. The van der Waals surface area contributed by atoms with E-state index >= 15 is 0 Å². The molecule has 0 radical (unpaired) electrons. The molecule has 0 aliphatic heterocycles. The molecule has 84 valence electrons. The number of hydrogen-bond acceptors (Lipinski definition) is 4. The lowest BCUT2D eigenvalue weighted by Gasteiger charge is -2.22. The highest BCUT2D eigenvalue weighted by Gasteiger charge is 2.09. The zero-order chi connectivity index (χ0) is 11.3. The lowest BCUT2D eigenvalue weighted by Crippen LogP contribution is -2.36. The van der Waals surface area contributed by atoms with E-state index in [2.05, 4.69) is 48.1 Å². The van der Waals surface area contributed by atoms with Crippen molar-refractivity contribution < 1.29 is 0 Å². The van der Waals surface area contributed by atoms with Gasteiger partial charge in [-0.3, -0.25) is 9.97 Å². The molecule has 2 unspecified atom stereocenters. The van der Waals surface area contributed by atoms with E-state index in [4.69, 9.17) is 0 Å². The summed E-state index contributed by atoms with van der Waals surface area (Å²) < 4.78 is 0. The fraction of sp³-hybridized carbons (Fsp3) is 0.636. The summed E-state index contributed by atoms with van der Waals surface area (Å²) >= 11 is 0. The van der Waals surface area contributed by atoms with Crippen LogP contribution in [0.25, 0.3) is 0 Å². The van der Waals surface area contributed by atoms with Crippen molar-refractivity contribution in [3.05, 3.63) is 24.3 Å². The molecule has 0 fully saturated rings. The van der Waals surface area contributed by atoms with Gasteiger partial charge < -0.3 is 10.2 Å². The third kappa shape index (κ3) is 3.93. The maximum absolute atomic E-state index is 4.26. The van der Waals surface area contributed by atoms with Gasteiger partial charge in [0, 0.05) is 37.2 Å². The zero-order valence-corrected chi connectivity index (χ0v) is 9.94. The van der Waals surface area contributed by atoms with Gasteiger partial charge in [0.1, 0.15) is 0 Å². The average molecular weight is 208 g/mol. The van der Waals surface area contributed by atoms with E-state index in [1.165, 1.54) is 0 Å². The minimum absolute atomic E-state index is 0.251. The van der Waals surface area contributed by atoms with Crippen LogP contribution in [0.2, 0.25) is 0 Å². The molecule has 0 aliphatic carbocycles. The summed E-state index contributed by atoms with van der Waals surface area (Å²) in [5.41, 5.74) is 0.989. The standard InChI is InChI=1S/C11H20N4/c1-9(15(3)4)7-14-10(2)11-8-12-5-6-13-11/h5-6,8-10,14H,7H2,1-4H3. The van der Waals surface area contributed by atoms with E-state index in [9.17, 15) is 0 Å². The number of nitrogens with one attached hydrogen (secondary N) is 1. The van der Waals surface area contributed by atoms with Crippen LogP contribution in [0.15, 0.2) is 18.6 Å². The van der Waals surface area contributed by atoms with Crippen LogP contribution in [0, 0.1) is 0 Å². The number of rotatable bonds is 5. The SMILES string of the molecule is CC(NCC(C)N(C)C)c1cnccn1. The summed E-state index contributed by atoms with van der Waals surface area (Å²) in [6.45, 7) is 5.24. The Hall–Kier alpha value is -1.00. The van der Waals surface area contributed by atoms with Gasteiger partial charge in [0.25, 0.3) is 0 Å². The van der Waals surface area contributed by atoms with Gasteiger partial charge >= 0.3 is 0 Å². The highest BCUT2D eigenvalue weighted by Crippen LogP contribution is 2.06. The van der Waals surface area contributed by atoms with E-state index in [-0.39, 0.29) is 6.04 Å². The van der Waals surface area contributed by atoms with Crippen molar-refractivity contribution in [3.8, 4) is 0 Å². The molecule has 4 nitrogen and oxygen atoms in total. The Morgan fingerprint density at radius 1 is 1.33 bits per heavy atom. The zero-order valence-electron chi connectivity index (χ0n) is 9.94. The van der Waals surface area contributed by atoms with Crippen molar-refractivity contribution in [2.24, 2.45) is 0 Å². The summed E-state index contributed by atoms with van der Waals surface area (Å²) in [5, 5.41) is 3.44. The molecule has 1 aromatic rings. The van der Waals surface area contributed by atoms with E-state index in [0.717, 1.165) is 12.2 Å².